The zero-order valence-corrected chi connectivity index (χ0v) is 13.5. The third-order valence-corrected chi connectivity index (χ3v) is 4.14. The van der Waals surface area contributed by atoms with Crippen molar-refractivity contribution in [3.8, 4) is 5.75 Å². The molecular weight excluding hydrogens is 346 g/mol. The molecule has 2 aromatic rings. The summed E-state index contributed by atoms with van der Waals surface area (Å²) in [5.74, 6) is 0.654. The minimum Gasteiger partial charge on any atom is -0.482 e. The molecule has 0 aromatic heterocycles. The number of rotatable bonds is 4. The first-order chi connectivity index (χ1) is 10.7. The van der Waals surface area contributed by atoms with Crippen molar-refractivity contribution in [2.75, 3.05) is 13.2 Å². The predicted octanol–water partition coefficient (Wildman–Crippen LogP) is 3.08. The number of morpholine rings is 1. The highest BCUT2D eigenvalue weighted by Gasteiger charge is 2.30. The summed E-state index contributed by atoms with van der Waals surface area (Å²) in [6.07, 6.45) is -0.521. The SMILES string of the molecule is O=C1CO[C@H](C(Oc2ccccc2Br)c2ccccc2)CN1. The number of halogens is 1. The minimum atomic E-state index is -0.291. The summed E-state index contributed by atoms with van der Waals surface area (Å²) in [5, 5.41) is 2.83. The van der Waals surface area contributed by atoms with E-state index in [4.69, 9.17) is 9.47 Å². The summed E-state index contributed by atoms with van der Waals surface area (Å²) in [7, 11) is 0. The molecule has 1 aliphatic heterocycles. The van der Waals surface area contributed by atoms with Crippen LogP contribution in [0, 0.1) is 0 Å². The minimum absolute atomic E-state index is 0.0628. The first-order valence-corrected chi connectivity index (χ1v) is 7.88. The number of amides is 1. The molecule has 1 aliphatic rings. The molecule has 0 bridgehead atoms. The van der Waals surface area contributed by atoms with Gasteiger partial charge in [0, 0.05) is 6.54 Å². The lowest BCUT2D eigenvalue weighted by Crippen LogP contribution is -2.46. The van der Waals surface area contributed by atoms with Crippen LogP contribution in [0.2, 0.25) is 0 Å². The third-order valence-electron chi connectivity index (χ3n) is 3.49. The lowest BCUT2D eigenvalue weighted by atomic mass is 10.0. The molecule has 2 atom stereocenters. The number of carbonyl (C=O) groups excluding carboxylic acids is 1. The van der Waals surface area contributed by atoms with Crippen LogP contribution < -0.4 is 10.1 Å². The highest BCUT2D eigenvalue weighted by Crippen LogP contribution is 2.32. The summed E-state index contributed by atoms with van der Waals surface area (Å²) < 4.78 is 12.7. The fourth-order valence-corrected chi connectivity index (χ4v) is 2.76. The van der Waals surface area contributed by atoms with Crippen LogP contribution in [0.4, 0.5) is 0 Å². The molecule has 0 spiro atoms. The topological polar surface area (TPSA) is 47.6 Å². The second kappa shape index (κ2) is 6.94. The first kappa shape index (κ1) is 15.1. The quantitative estimate of drug-likeness (QED) is 0.910. The number of hydrogen-bond acceptors (Lipinski definition) is 3. The average Bonchev–Trinajstić information content (AvgIpc) is 2.56. The van der Waals surface area contributed by atoms with Crippen LogP contribution in [0.15, 0.2) is 59.1 Å². The van der Waals surface area contributed by atoms with Crippen LogP contribution in [-0.4, -0.2) is 25.2 Å². The van der Waals surface area contributed by atoms with E-state index < -0.39 is 0 Å². The number of hydrogen-bond donors (Lipinski definition) is 1. The van der Waals surface area contributed by atoms with Gasteiger partial charge in [0.15, 0.2) is 6.10 Å². The normalized spacial score (nSPS) is 19.3. The zero-order valence-electron chi connectivity index (χ0n) is 11.9. The van der Waals surface area contributed by atoms with Gasteiger partial charge in [-0.25, -0.2) is 0 Å². The molecule has 22 heavy (non-hydrogen) atoms. The maximum atomic E-state index is 11.3. The number of ether oxygens (including phenoxy) is 2. The first-order valence-electron chi connectivity index (χ1n) is 7.08. The Balaban J connectivity index is 1.86. The molecule has 0 radical (unpaired) electrons. The van der Waals surface area contributed by atoms with Gasteiger partial charge >= 0.3 is 0 Å². The van der Waals surface area contributed by atoms with Gasteiger partial charge in [-0.15, -0.1) is 0 Å². The van der Waals surface area contributed by atoms with Gasteiger partial charge in [-0.2, -0.15) is 0 Å². The Morgan fingerprint density at radius 1 is 1.14 bits per heavy atom. The van der Waals surface area contributed by atoms with Crippen molar-refractivity contribution in [2.24, 2.45) is 0 Å². The van der Waals surface area contributed by atoms with Crippen LogP contribution in [0.5, 0.6) is 5.75 Å². The van der Waals surface area contributed by atoms with E-state index in [-0.39, 0.29) is 24.7 Å². The van der Waals surface area contributed by atoms with Gasteiger partial charge in [0.25, 0.3) is 0 Å². The highest BCUT2D eigenvalue weighted by atomic mass is 79.9. The van der Waals surface area contributed by atoms with E-state index in [2.05, 4.69) is 21.2 Å². The van der Waals surface area contributed by atoms with E-state index >= 15 is 0 Å². The molecule has 1 unspecified atom stereocenters. The highest BCUT2D eigenvalue weighted by molar-refractivity contribution is 9.10. The number of nitrogens with one attached hydrogen (secondary N) is 1. The van der Waals surface area contributed by atoms with Crippen molar-refractivity contribution < 1.29 is 14.3 Å². The van der Waals surface area contributed by atoms with E-state index in [1.165, 1.54) is 0 Å². The molecule has 1 heterocycles. The van der Waals surface area contributed by atoms with E-state index in [1.54, 1.807) is 0 Å². The Hall–Kier alpha value is -1.85. The van der Waals surface area contributed by atoms with Crippen molar-refractivity contribution in [3.05, 3.63) is 64.6 Å². The summed E-state index contributed by atoms with van der Waals surface area (Å²) >= 11 is 3.50. The van der Waals surface area contributed by atoms with Gasteiger partial charge in [0.2, 0.25) is 5.91 Å². The van der Waals surface area contributed by atoms with Crippen molar-refractivity contribution in [1.82, 2.24) is 5.32 Å². The third kappa shape index (κ3) is 3.48. The Labute approximate surface area is 137 Å². The summed E-state index contributed by atoms with van der Waals surface area (Å²) in [6.45, 7) is 0.496. The number of benzene rings is 2. The lowest BCUT2D eigenvalue weighted by Gasteiger charge is -2.31. The van der Waals surface area contributed by atoms with Gasteiger partial charge in [0.05, 0.1) is 4.47 Å². The molecule has 4 nitrogen and oxygen atoms in total. The Morgan fingerprint density at radius 3 is 2.55 bits per heavy atom. The molecule has 114 valence electrons. The van der Waals surface area contributed by atoms with Gasteiger partial charge in [-0.05, 0) is 33.6 Å². The molecule has 1 saturated heterocycles. The van der Waals surface area contributed by atoms with Gasteiger partial charge < -0.3 is 14.8 Å². The van der Waals surface area contributed by atoms with Crippen molar-refractivity contribution in [2.45, 2.75) is 12.2 Å². The maximum Gasteiger partial charge on any atom is 0.246 e. The molecule has 3 rings (SSSR count). The summed E-state index contributed by atoms with van der Waals surface area (Å²) in [5.41, 5.74) is 1.01. The van der Waals surface area contributed by atoms with Gasteiger partial charge in [-0.1, -0.05) is 42.5 Å². The fourth-order valence-electron chi connectivity index (χ4n) is 2.38. The Bertz CT molecular complexity index is 637. The zero-order chi connectivity index (χ0) is 15.4. The maximum absolute atomic E-state index is 11.3. The lowest BCUT2D eigenvalue weighted by molar-refractivity contribution is -0.137. The van der Waals surface area contributed by atoms with E-state index in [1.807, 2.05) is 54.6 Å². The average molecular weight is 362 g/mol. The molecule has 5 heteroatoms. The molecular formula is C17H16BrNO3. The fraction of sp³-hybridized carbons (Fsp3) is 0.235. The monoisotopic (exact) mass is 361 g/mol. The Morgan fingerprint density at radius 2 is 1.86 bits per heavy atom. The van der Waals surface area contributed by atoms with Crippen LogP contribution in [0.3, 0.4) is 0 Å². The predicted molar refractivity (Wildman–Crippen MR) is 86.7 cm³/mol. The number of carbonyl (C=O) groups is 1. The van der Waals surface area contributed by atoms with E-state index in [0.29, 0.717) is 6.54 Å². The molecule has 1 fully saturated rings. The molecule has 1 amide bonds. The van der Waals surface area contributed by atoms with Crippen LogP contribution >= 0.6 is 15.9 Å². The largest absolute Gasteiger partial charge is 0.482 e. The van der Waals surface area contributed by atoms with Gasteiger partial charge in [-0.3, -0.25) is 4.79 Å². The summed E-state index contributed by atoms with van der Waals surface area (Å²) in [4.78, 5) is 11.3. The molecule has 0 aliphatic carbocycles. The second-order valence-electron chi connectivity index (χ2n) is 5.03. The van der Waals surface area contributed by atoms with Crippen LogP contribution in [-0.2, 0) is 9.53 Å². The van der Waals surface area contributed by atoms with Crippen molar-refractivity contribution >= 4 is 21.8 Å². The van der Waals surface area contributed by atoms with Crippen LogP contribution in [0.25, 0.3) is 0 Å². The van der Waals surface area contributed by atoms with Crippen molar-refractivity contribution in [1.29, 1.82) is 0 Å². The number of para-hydroxylation sites is 1. The molecule has 2 aromatic carbocycles. The molecule has 1 N–H and O–H groups in total. The Kier molecular flexibility index (Phi) is 4.75. The van der Waals surface area contributed by atoms with E-state index in [0.717, 1.165) is 15.8 Å². The van der Waals surface area contributed by atoms with Crippen LogP contribution in [0.1, 0.15) is 11.7 Å². The molecule has 0 saturated carbocycles. The standard InChI is InChI=1S/C17H16BrNO3/c18-13-8-4-5-9-14(13)22-17(12-6-2-1-3-7-12)15-10-19-16(20)11-21-15/h1-9,15,17H,10-11H2,(H,19,20)/t15-,17?/m0/s1. The summed E-state index contributed by atoms with van der Waals surface area (Å²) in [6, 6.07) is 17.6. The second-order valence-corrected chi connectivity index (χ2v) is 5.89. The smallest absolute Gasteiger partial charge is 0.246 e. The van der Waals surface area contributed by atoms with Crippen molar-refractivity contribution in [3.63, 3.8) is 0 Å². The van der Waals surface area contributed by atoms with Gasteiger partial charge in [0.1, 0.15) is 18.5 Å². The van der Waals surface area contributed by atoms with E-state index in [9.17, 15) is 4.79 Å².